The normalized spacial score (nSPS) is 26.3. The quantitative estimate of drug-likeness (QED) is 0.926. The minimum atomic E-state index is -0.685. The molecule has 2 heterocycles. The third-order valence-electron chi connectivity index (χ3n) is 4.13. The monoisotopic (exact) mass is 282 g/mol. The van der Waals surface area contributed by atoms with Crippen molar-refractivity contribution < 1.29 is 9.90 Å². The van der Waals surface area contributed by atoms with E-state index in [1.54, 1.807) is 11.3 Å². The van der Waals surface area contributed by atoms with Gasteiger partial charge in [0.1, 0.15) is 0 Å². The SMILES string of the molecule is Cc1nc(C(C)N2CCCC(C)(C(=O)O)C2)c(C)s1. The first-order valence-electron chi connectivity index (χ1n) is 6.75. The number of carbonyl (C=O) groups is 1. The molecule has 0 aromatic carbocycles. The number of hydrogen-bond donors (Lipinski definition) is 1. The van der Waals surface area contributed by atoms with Crippen LogP contribution in [0.5, 0.6) is 0 Å². The van der Waals surface area contributed by atoms with E-state index >= 15 is 0 Å². The minimum Gasteiger partial charge on any atom is -0.481 e. The Bertz CT molecular complexity index is 486. The molecule has 0 aliphatic carbocycles. The number of piperidine rings is 1. The molecule has 2 rings (SSSR count). The fraction of sp³-hybridized carbons (Fsp3) is 0.714. The lowest BCUT2D eigenvalue weighted by atomic mass is 9.81. The van der Waals surface area contributed by atoms with Gasteiger partial charge in [-0.1, -0.05) is 0 Å². The van der Waals surface area contributed by atoms with Crippen molar-refractivity contribution in [3.05, 3.63) is 15.6 Å². The van der Waals surface area contributed by atoms with E-state index in [1.165, 1.54) is 4.88 Å². The van der Waals surface area contributed by atoms with Crippen LogP contribution in [0.2, 0.25) is 0 Å². The van der Waals surface area contributed by atoms with Gasteiger partial charge in [-0.3, -0.25) is 9.69 Å². The maximum atomic E-state index is 11.4. The van der Waals surface area contributed by atoms with Crippen molar-refractivity contribution in [2.75, 3.05) is 13.1 Å². The predicted molar refractivity (Wildman–Crippen MR) is 76.6 cm³/mol. The van der Waals surface area contributed by atoms with Gasteiger partial charge in [-0.05, 0) is 47.1 Å². The van der Waals surface area contributed by atoms with Crippen LogP contribution in [0.15, 0.2) is 0 Å². The van der Waals surface area contributed by atoms with E-state index in [1.807, 2.05) is 13.8 Å². The van der Waals surface area contributed by atoms with Crippen LogP contribution in [0.25, 0.3) is 0 Å². The van der Waals surface area contributed by atoms with Gasteiger partial charge in [-0.15, -0.1) is 11.3 Å². The molecule has 0 radical (unpaired) electrons. The zero-order valence-electron chi connectivity index (χ0n) is 12.1. The van der Waals surface area contributed by atoms with E-state index < -0.39 is 11.4 Å². The van der Waals surface area contributed by atoms with Crippen LogP contribution in [0.3, 0.4) is 0 Å². The Morgan fingerprint density at radius 2 is 2.21 bits per heavy atom. The Hall–Kier alpha value is -0.940. The molecule has 0 saturated carbocycles. The Kier molecular flexibility index (Phi) is 3.97. The van der Waals surface area contributed by atoms with Crippen LogP contribution in [0.4, 0.5) is 0 Å². The topological polar surface area (TPSA) is 53.4 Å². The lowest BCUT2D eigenvalue weighted by molar-refractivity contribution is -0.151. The molecule has 1 aromatic heterocycles. The lowest BCUT2D eigenvalue weighted by Crippen LogP contribution is -2.46. The zero-order chi connectivity index (χ0) is 14.2. The van der Waals surface area contributed by atoms with Crippen LogP contribution in [-0.4, -0.2) is 34.0 Å². The number of nitrogens with zero attached hydrogens (tertiary/aromatic N) is 2. The van der Waals surface area contributed by atoms with E-state index in [-0.39, 0.29) is 6.04 Å². The summed E-state index contributed by atoms with van der Waals surface area (Å²) < 4.78 is 0. The fourth-order valence-electron chi connectivity index (χ4n) is 2.89. The number of carboxylic acid groups (broad SMARTS) is 1. The first-order valence-corrected chi connectivity index (χ1v) is 7.56. The molecule has 5 heteroatoms. The van der Waals surface area contributed by atoms with Gasteiger partial charge in [0.15, 0.2) is 0 Å². The summed E-state index contributed by atoms with van der Waals surface area (Å²) in [6.45, 7) is 9.67. The highest BCUT2D eigenvalue weighted by molar-refractivity contribution is 7.11. The van der Waals surface area contributed by atoms with Gasteiger partial charge in [0.25, 0.3) is 0 Å². The Morgan fingerprint density at radius 3 is 2.74 bits per heavy atom. The second-order valence-electron chi connectivity index (χ2n) is 5.79. The van der Waals surface area contributed by atoms with Crippen LogP contribution in [-0.2, 0) is 4.79 Å². The molecule has 1 N–H and O–H groups in total. The van der Waals surface area contributed by atoms with Crippen LogP contribution < -0.4 is 0 Å². The number of hydrogen-bond acceptors (Lipinski definition) is 4. The van der Waals surface area contributed by atoms with Gasteiger partial charge in [0, 0.05) is 11.4 Å². The third kappa shape index (κ3) is 2.82. The third-order valence-corrected chi connectivity index (χ3v) is 5.03. The smallest absolute Gasteiger partial charge is 0.310 e. The van der Waals surface area contributed by atoms with Crippen molar-refractivity contribution in [1.82, 2.24) is 9.88 Å². The highest BCUT2D eigenvalue weighted by atomic mass is 32.1. The van der Waals surface area contributed by atoms with E-state index in [2.05, 4.69) is 23.7 Å². The molecule has 2 unspecified atom stereocenters. The maximum Gasteiger partial charge on any atom is 0.310 e. The summed E-state index contributed by atoms with van der Waals surface area (Å²) in [6.07, 6.45) is 1.70. The van der Waals surface area contributed by atoms with Crippen molar-refractivity contribution in [2.45, 2.75) is 46.6 Å². The van der Waals surface area contributed by atoms with Crippen molar-refractivity contribution in [1.29, 1.82) is 0 Å². The van der Waals surface area contributed by atoms with Crippen molar-refractivity contribution in [2.24, 2.45) is 5.41 Å². The van der Waals surface area contributed by atoms with Gasteiger partial charge in [0.2, 0.25) is 0 Å². The van der Waals surface area contributed by atoms with Crippen molar-refractivity contribution in [3.8, 4) is 0 Å². The van der Waals surface area contributed by atoms with Gasteiger partial charge >= 0.3 is 5.97 Å². The lowest BCUT2D eigenvalue weighted by Gasteiger charge is -2.40. The summed E-state index contributed by atoms with van der Waals surface area (Å²) in [6, 6.07) is 0.198. The number of carboxylic acids is 1. The molecule has 4 nitrogen and oxygen atoms in total. The van der Waals surface area contributed by atoms with Gasteiger partial charge in [-0.25, -0.2) is 4.98 Å². The van der Waals surface area contributed by atoms with Crippen molar-refractivity contribution in [3.63, 3.8) is 0 Å². The highest BCUT2D eigenvalue weighted by Crippen LogP contribution is 2.35. The standard InChI is InChI=1S/C14H22N2O2S/c1-9(12-10(2)19-11(3)15-12)16-7-5-6-14(4,8-16)13(17)18/h9H,5-8H2,1-4H3,(H,17,18). The molecule has 1 fully saturated rings. The molecule has 2 atom stereocenters. The molecule has 19 heavy (non-hydrogen) atoms. The van der Waals surface area contributed by atoms with Crippen LogP contribution >= 0.6 is 11.3 Å². The molecule has 1 aromatic rings. The number of aliphatic carboxylic acids is 1. The number of likely N-dealkylation sites (tertiary alicyclic amines) is 1. The molecular weight excluding hydrogens is 260 g/mol. The molecular formula is C14H22N2O2S. The van der Waals surface area contributed by atoms with Gasteiger partial charge < -0.3 is 5.11 Å². The molecule has 0 bridgehead atoms. The van der Waals surface area contributed by atoms with Crippen LogP contribution in [0, 0.1) is 19.3 Å². The first kappa shape index (κ1) is 14.5. The Morgan fingerprint density at radius 1 is 1.53 bits per heavy atom. The number of thiazole rings is 1. The Labute approximate surface area is 118 Å². The summed E-state index contributed by atoms with van der Waals surface area (Å²) in [4.78, 5) is 19.5. The molecule has 106 valence electrons. The summed E-state index contributed by atoms with van der Waals surface area (Å²) in [5, 5.41) is 10.5. The summed E-state index contributed by atoms with van der Waals surface area (Å²) >= 11 is 1.71. The molecule has 0 amide bonds. The molecule has 0 spiro atoms. The maximum absolute atomic E-state index is 11.4. The summed E-state index contributed by atoms with van der Waals surface area (Å²) in [5.74, 6) is -0.685. The molecule has 1 saturated heterocycles. The average molecular weight is 282 g/mol. The van der Waals surface area contributed by atoms with Gasteiger partial charge in [0.05, 0.1) is 22.2 Å². The number of aryl methyl sites for hydroxylation is 2. The Balaban J connectivity index is 2.18. The highest BCUT2D eigenvalue weighted by Gasteiger charge is 2.39. The van der Waals surface area contributed by atoms with E-state index in [4.69, 9.17) is 0 Å². The number of aromatic nitrogens is 1. The zero-order valence-corrected chi connectivity index (χ0v) is 12.9. The van der Waals surface area contributed by atoms with E-state index in [9.17, 15) is 9.90 Å². The first-order chi connectivity index (χ1) is 8.83. The second kappa shape index (κ2) is 5.21. The van der Waals surface area contributed by atoms with E-state index in [0.29, 0.717) is 6.54 Å². The molecule has 1 aliphatic heterocycles. The number of rotatable bonds is 3. The van der Waals surface area contributed by atoms with Crippen molar-refractivity contribution >= 4 is 17.3 Å². The van der Waals surface area contributed by atoms with Gasteiger partial charge in [-0.2, -0.15) is 0 Å². The van der Waals surface area contributed by atoms with E-state index in [0.717, 1.165) is 30.1 Å². The van der Waals surface area contributed by atoms with Crippen LogP contribution in [0.1, 0.15) is 48.3 Å². The second-order valence-corrected chi connectivity index (χ2v) is 7.20. The fourth-order valence-corrected chi connectivity index (χ4v) is 3.80. The molecule has 1 aliphatic rings. The predicted octanol–water partition coefficient (Wildman–Crippen LogP) is 3.01. The minimum absolute atomic E-state index is 0.198. The average Bonchev–Trinajstić information content (AvgIpc) is 2.67. The summed E-state index contributed by atoms with van der Waals surface area (Å²) in [7, 11) is 0. The summed E-state index contributed by atoms with van der Waals surface area (Å²) in [5.41, 5.74) is 0.489. The largest absolute Gasteiger partial charge is 0.481 e.